The monoisotopic (exact) mass is 260 g/mol. The second-order valence-electron chi connectivity index (χ2n) is 3.85. The summed E-state index contributed by atoms with van der Waals surface area (Å²) in [5.74, 6) is 1.32. The lowest BCUT2D eigenvalue weighted by Crippen LogP contribution is -2.08. The Bertz CT molecular complexity index is 333. The summed E-state index contributed by atoms with van der Waals surface area (Å²) in [6.45, 7) is 0.867. The molecule has 0 amide bonds. The smallest absolute Gasteiger partial charge is 0.128 e. The minimum Gasteiger partial charge on any atom is -0.377 e. The quantitative estimate of drug-likeness (QED) is 0.812. The van der Waals surface area contributed by atoms with E-state index in [1.165, 1.54) is 6.07 Å². The van der Waals surface area contributed by atoms with E-state index in [0.717, 1.165) is 25.2 Å². The molecule has 1 atom stereocenters. The van der Waals surface area contributed by atoms with Crippen LogP contribution in [0.1, 0.15) is 18.4 Å². The van der Waals surface area contributed by atoms with E-state index in [4.69, 9.17) is 16.3 Å². The molecular weight excluding hydrogens is 247 g/mol. The van der Waals surface area contributed by atoms with E-state index in [9.17, 15) is 4.39 Å². The molecule has 1 aliphatic rings. The van der Waals surface area contributed by atoms with Crippen LogP contribution >= 0.6 is 23.4 Å². The molecule has 0 N–H and O–H groups in total. The Morgan fingerprint density at radius 3 is 3.06 bits per heavy atom. The van der Waals surface area contributed by atoms with Gasteiger partial charge in [-0.05, 0) is 25.0 Å². The molecule has 0 saturated carbocycles. The molecule has 1 saturated heterocycles. The SMILES string of the molecule is Fc1cccc(Cl)c1CSCC1CCCO1. The fourth-order valence-electron chi connectivity index (χ4n) is 1.74. The van der Waals surface area contributed by atoms with Crippen LogP contribution in [-0.2, 0) is 10.5 Å². The molecule has 0 aliphatic carbocycles. The summed E-state index contributed by atoms with van der Waals surface area (Å²) in [5, 5.41) is 0.514. The summed E-state index contributed by atoms with van der Waals surface area (Å²) < 4.78 is 18.9. The molecule has 1 aliphatic heterocycles. The van der Waals surface area contributed by atoms with Gasteiger partial charge in [0.05, 0.1) is 6.10 Å². The van der Waals surface area contributed by atoms with Crippen molar-refractivity contribution in [1.29, 1.82) is 0 Å². The van der Waals surface area contributed by atoms with Crippen molar-refractivity contribution in [2.75, 3.05) is 12.4 Å². The number of hydrogen-bond acceptors (Lipinski definition) is 2. The first kappa shape index (κ1) is 12.2. The minimum absolute atomic E-state index is 0.215. The zero-order valence-electron chi connectivity index (χ0n) is 8.92. The van der Waals surface area contributed by atoms with Crippen molar-refractivity contribution >= 4 is 23.4 Å². The minimum atomic E-state index is -0.215. The Labute approximate surface area is 104 Å². The van der Waals surface area contributed by atoms with Gasteiger partial charge in [0.1, 0.15) is 5.82 Å². The van der Waals surface area contributed by atoms with Crippen molar-refractivity contribution in [1.82, 2.24) is 0 Å². The van der Waals surface area contributed by atoms with Crippen molar-refractivity contribution in [2.45, 2.75) is 24.7 Å². The molecule has 0 spiro atoms. The van der Waals surface area contributed by atoms with Gasteiger partial charge in [-0.15, -0.1) is 0 Å². The third-order valence-electron chi connectivity index (χ3n) is 2.64. The fourth-order valence-corrected chi connectivity index (χ4v) is 3.19. The highest BCUT2D eigenvalue weighted by molar-refractivity contribution is 7.98. The second-order valence-corrected chi connectivity index (χ2v) is 5.29. The molecule has 1 unspecified atom stereocenters. The first-order chi connectivity index (χ1) is 7.77. The van der Waals surface area contributed by atoms with Gasteiger partial charge >= 0.3 is 0 Å². The molecule has 4 heteroatoms. The zero-order valence-corrected chi connectivity index (χ0v) is 10.5. The molecule has 88 valence electrons. The van der Waals surface area contributed by atoms with E-state index in [2.05, 4.69) is 0 Å². The predicted molar refractivity (Wildman–Crippen MR) is 66.5 cm³/mol. The lowest BCUT2D eigenvalue weighted by atomic mass is 10.2. The molecule has 1 nitrogen and oxygen atoms in total. The molecule has 16 heavy (non-hydrogen) atoms. The maximum atomic E-state index is 13.4. The fraction of sp³-hybridized carbons (Fsp3) is 0.500. The number of thioether (sulfide) groups is 1. The Morgan fingerprint density at radius 1 is 1.50 bits per heavy atom. The van der Waals surface area contributed by atoms with Crippen molar-refractivity contribution in [3.8, 4) is 0 Å². The number of hydrogen-bond donors (Lipinski definition) is 0. The molecular formula is C12H14ClFOS. The van der Waals surface area contributed by atoms with Crippen LogP contribution in [0, 0.1) is 5.82 Å². The Morgan fingerprint density at radius 2 is 2.38 bits per heavy atom. The topological polar surface area (TPSA) is 9.23 Å². The predicted octanol–water partition coefficient (Wildman–Crippen LogP) is 3.89. The molecule has 1 fully saturated rings. The van der Waals surface area contributed by atoms with Crippen LogP contribution < -0.4 is 0 Å². The molecule has 0 radical (unpaired) electrons. The molecule has 0 bridgehead atoms. The highest BCUT2D eigenvalue weighted by Gasteiger charge is 2.15. The van der Waals surface area contributed by atoms with Gasteiger partial charge in [-0.2, -0.15) is 11.8 Å². The van der Waals surface area contributed by atoms with E-state index >= 15 is 0 Å². The van der Waals surface area contributed by atoms with Gasteiger partial charge in [0.25, 0.3) is 0 Å². The third-order valence-corrected chi connectivity index (χ3v) is 4.09. The normalized spacial score (nSPS) is 20.2. The maximum Gasteiger partial charge on any atom is 0.128 e. The summed E-state index contributed by atoms with van der Waals surface area (Å²) in [7, 11) is 0. The van der Waals surface area contributed by atoms with Crippen LogP contribution in [0.3, 0.4) is 0 Å². The van der Waals surface area contributed by atoms with Gasteiger partial charge in [-0.3, -0.25) is 0 Å². The van der Waals surface area contributed by atoms with E-state index in [0.29, 0.717) is 22.4 Å². The van der Waals surface area contributed by atoms with Crippen LogP contribution in [0.5, 0.6) is 0 Å². The van der Waals surface area contributed by atoms with E-state index < -0.39 is 0 Å². The highest BCUT2D eigenvalue weighted by Crippen LogP contribution is 2.26. The van der Waals surface area contributed by atoms with Gasteiger partial charge < -0.3 is 4.74 Å². The van der Waals surface area contributed by atoms with Crippen LogP contribution in [0.2, 0.25) is 5.02 Å². The average molecular weight is 261 g/mol. The van der Waals surface area contributed by atoms with Crippen LogP contribution in [0.4, 0.5) is 4.39 Å². The first-order valence-electron chi connectivity index (χ1n) is 5.39. The summed E-state index contributed by atoms with van der Waals surface area (Å²) in [4.78, 5) is 0. The summed E-state index contributed by atoms with van der Waals surface area (Å²) in [5.41, 5.74) is 0.604. The van der Waals surface area contributed by atoms with E-state index in [-0.39, 0.29) is 5.82 Å². The lowest BCUT2D eigenvalue weighted by molar-refractivity contribution is 0.129. The van der Waals surface area contributed by atoms with Crippen LogP contribution in [0.15, 0.2) is 18.2 Å². The Hall–Kier alpha value is -0.250. The van der Waals surface area contributed by atoms with Gasteiger partial charge in [0.2, 0.25) is 0 Å². The van der Waals surface area contributed by atoms with Crippen LogP contribution in [0.25, 0.3) is 0 Å². The first-order valence-corrected chi connectivity index (χ1v) is 6.93. The van der Waals surface area contributed by atoms with Gasteiger partial charge in [0, 0.05) is 28.7 Å². The number of benzene rings is 1. The van der Waals surface area contributed by atoms with Crippen molar-refractivity contribution in [3.05, 3.63) is 34.6 Å². The van der Waals surface area contributed by atoms with Gasteiger partial charge in [-0.25, -0.2) is 4.39 Å². The standard InChI is InChI=1S/C12H14ClFOS/c13-11-4-1-5-12(14)10(11)8-16-7-9-3-2-6-15-9/h1,4-5,9H,2-3,6-8H2. The maximum absolute atomic E-state index is 13.4. The Balaban J connectivity index is 1.84. The molecule has 1 aromatic carbocycles. The third kappa shape index (κ3) is 3.12. The number of rotatable bonds is 4. The summed E-state index contributed by atoms with van der Waals surface area (Å²) in [6.07, 6.45) is 2.61. The van der Waals surface area contributed by atoms with Crippen molar-refractivity contribution < 1.29 is 9.13 Å². The molecule has 0 aromatic heterocycles. The molecule has 1 aromatic rings. The van der Waals surface area contributed by atoms with Gasteiger partial charge in [-0.1, -0.05) is 17.7 Å². The van der Waals surface area contributed by atoms with Crippen molar-refractivity contribution in [2.24, 2.45) is 0 Å². The van der Waals surface area contributed by atoms with Crippen molar-refractivity contribution in [3.63, 3.8) is 0 Å². The number of ether oxygens (including phenoxy) is 1. The Kier molecular flexibility index (Phi) is 4.50. The molecule has 2 rings (SSSR count). The largest absolute Gasteiger partial charge is 0.377 e. The molecule has 1 heterocycles. The summed E-state index contributed by atoms with van der Waals surface area (Å²) >= 11 is 7.62. The lowest BCUT2D eigenvalue weighted by Gasteiger charge is -2.09. The highest BCUT2D eigenvalue weighted by atomic mass is 35.5. The van der Waals surface area contributed by atoms with Crippen LogP contribution in [-0.4, -0.2) is 18.5 Å². The summed E-state index contributed by atoms with van der Waals surface area (Å²) in [6, 6.07) is 4.81. The van der Waals surface area contributed by atoms with E-state index in [1.807, 2.05) is 0 Å². The van der Waals surface area contributed by atoms with Gasteiger partial charge in [0.15, 0.2) is 0 Å². The second kappa shape index (κ2) is 5.89. The number of halogens is 2. The zero-order chi connectivity index (χ0) is 11.4. The average Bonchev–Trinajstić information content (AvgIpc) is 2.75. The van der Waals surface area contributed by atoms with E-state index in [1.54, 1.807) is 23.9 Å².